The van der Waals surface area contributed by atoms with Gasteiger partial charge in [0.15, 0.2) is 0 Å². The number of hydrogen-bond donors (Lipinski definition) is 1. The van der Waals surface area contributed by atoms with E-state index in [9.17, 15) is 0 Å². The zero-order chi connectivity index (χ0) is 9.03. The highest BCUT2D eigenvalue weighted by atomic mass is 16.5. The van der Waals surface area contributed by atoms with E-state index in [0.29, 0.717) is 0 Å². The van der Waals surface area contributed by atoms with E-state index in [1.807, 2.05) is 0 Å². The number of aliphatic hydroxyl groups excluding tert-OH is 1. The third kappa shape index (κ3) is 1.97. The normalized spacial score (nSPS) is 32.2. The smallest absolute Gasteiger partial charge is 0.0648 e. The van der Waals surface area contributed by atoms with Gasteiger partial charge in [0.2, 0.25) is 0 Å². The van der Waals surface area contributed by atoms with Crippen molar-refractivity contribution in [2.24, 2.45) is 0 Å². The second-order valence-electron chi connectivity index (χ2n) is 3.61. The first-order valence-electron chi connectivity index (χ1n) is 4.66. The summed E-state index contributed by atoms with van der Waals surface area (Å²) in [5.74, 6) is 0. The molecular weight excluding hydrogens is 154 g/mol. The molecule has 1 unspecified atom stereocenters. The van der Waals surface area contributed by atoms with Gasteiger partial charge in [0, 0.05) is 18.6 Å². The molecule has 0 saturated carbocycles. The zero-order valence-electron chi connectivity index (χ0n) is 8.05. The number of aliphatic hydroxyl groups is 1. The van der Waals surface area contributed by atoms with Crippen LogP contribution >= 0.6 is 0 Å². The molecule has 1 saturated heterocycles. The predicted molar refractivity (Wildman–Crippen MR) is 48.2 cm³/mol. The molecule has 1 atom stereocenters. The Hall–Kier alpha value is -0.120. The molecule has 12 heavy (non-hydrogen) atoms. The van der Waals surface area contributed by atoms with Gasteiger partial charge < -0.3 is 9.84 Å². The lowest BCUT2D eigenvalue weighted by molar-refractivity contribution is -0.0664. The highest BCUT2D eigenvalue weighted by Crippen LogP contribution is 2.22. The number of ether oxygens (including phenoxy) is 1. The van der Waals surface area contributed by atoms with Crippen molar-refractivity contribution in [3.63, 3.8) is 0 Å². The Bertz CT molecular complexity index is 138. The maximum Gasteiger partial charge on any atom is 0.0648 e. The third-order valence-corrected chi connectivity index (χ3v) is 2.81. The molecule has 0 spiro atoms. The van der Waals surface area contributed by atoms with Crippen molar-refractivity contribution >= 4 is 0 Å². The largest absolute Gasteiger partial charge is 0.395 e. The summed E-state index contributed by atoms with van der Waals surface area (Å²) in [5.41, 5.74) is 0.140. The molecule has 0 aromatic carbocycles. The van der Waals surface area contributed by atoms with Crippen molar-refractivity contribution in [1.82, 2.24) is 4.90 Å². The molecule has 0 aliphatic carbocycles. The average Bonchev–Trinajstić information content (AvgIpc) is 2.10. The van der Waals surface area contributed by atoms with Crippen LogP contribution in [0.15, 0.2) is 0 Å². The van der Waals surface area contributed by atoms with Crippen LogP contribution in [0, 0.1) is 0 Å². The van der Waals surface area contributed by atoms with Gasteiger partial charge in [0.25, 0.3) is 0 Å². The van der Waals surface area contributed by atoms with E-state index >= 15 is 0 Å². The molecule has 1 aliphatic heterocycles. The molecule has 1 fully saturated rings. The van der Waals surface area contributed by atoms with Crippen molar-refractivity contribution in [1.29, 1.82) is 0 Å². The molecule has 3 nitrogen and oxygen atoms in total. The number of hydrogen-bond acceptors (Lipinski definition) is 3. The molecule has 1 aliphatic rings. The number of β-amino-alcohol motifs (C(OH)–C–C–N with tert-alkyl or cyclic N) is 1. The molecule has 0 radical (unpaired) electrons. The van der Waals surface area contributed by atoms with Gasteiger partial charge in [-0.2, -0.15) is 0 Å². The van der Waals surface area contributed by atoms with E-state index in [0.717, 1.165) is 32.7 Å². The van der Waals surface area contributed by atoms with Gasteiger partial charge in [-0.1, -0.05) is 6.92 Å². The number of morpholine rings is 1. The fourth-order valence-electron chi connectivity index (χ4n) is 1.66. The van der Waals surface area contributed by atoms with Gasteiger partial charge in [-0.15, -0.1) is 0 Å². The average molecular weight is 173 g/mol. The summed E-state index contributed by atoms with van der Waals surface area (Å²) in [6.45, 7) is 7.92. The summed E-state index contributed by atoms with van der Waals surface area (Å²) in [4.78, 5) is 2.32. The highest BCUT2D eigenvalue weighted by molar-refractivity contribution is 4.87. The standard InChI is InChI=1S/C9H19NO2/c1-3-9(2)8-12-7-5-10(9)4-6-11/h11H,3-8H2,1-2H3. The van der Waals surface area contributed by atoms with Crippen LogP contribution in [0.1, 0.15) is 20.3 Å². The molecule has 1 N–H and O–H groups in total. The van der Waals surface area contributed by atoms with E-state index in [4.69, 9.17) is 9.84 Å². The van der Waals surface area contributed by atoms with E-state index in [2.05, 4.69) is 18.7 Å². The fraction of sp³-hybridized carbons (Fsp3) is 1.00. The first-order valence-corrected chi connectivity index (χ1v) is 4.66. The highest BCUT2D eigenvalue weighted by Gasteiger charge is 2.32. The third-order valence-electron chi connectivity index (χ3n) is 2.81. The Labute approximate surface area is 74.3 Å². The lowest BCUT2D eigenvalue weighted by Gasteiger charge is -2.43. The predicted octanol–water partition coefficient (Wildman–Crippen LogP) is 0.480. The first-order chi connectivity index (χ1) is 5.73. The molecule has 3 heteroatoms. The fourth-order valence-corrected chi connectivity index (χ4v) is 1.66. The summed E-state index contributed by atoms with van der Waals surface area (Å²) in [5, 5.41) is 8.86. The van der Waals surface area contributed by atoms with Crippen LogP contribution in [0.5, 0.6) is 0 Å². The van der Waals surface area contributed by atoms with E-state index in [1.165, 1.54) is 0 Å². The monoisotopic (exact) mass is 173 g/mol. The van der Waals surface area contributed by atoms with Crippen molar-refractivity contribution in [2.75, 3.05) is 32.9 Å². The van der Waals surface area contributed by atoms with Gasteiger partial charge in [0.05, 0.1) is 19.8 Å². The quantitative estimate of drug-likeness (QED) is 0.674. The van der Waals surface area contributed by atoms with Crippen LogP contribution in [0.25, 0.3) is 0 Å². The van der Waals surface area contributed by atoms with Crippen molar-refractivity contribution in [3.05, 3.63) is 0 Å². The summed E-state index contributed by atoms with van der Waals surface area (Å²) < 4.78 is 5.43. The Morgan fingerprint density at radius 1 is 1.58 bits per heavy atom. The molecule has 72 valence electrons. The van der Waals surface area contributed by atoms with Crippen LogP contribution in [-0.4, -0.2) is 48.5 Å². The lowest BCUT2D eigenvalue weighted by Crippen LogP contribution is -2.55. The van der Waals surface area contributed by atoms with Crippen LogP contribution in [0.4, 0.5) is 0 Å². The molecule has 1 heterocycles. The number of rotatable bonds is 3. The number of nitrogens with zero attached hydrogens (tertiary/aromatic N) is 1. The zero-order valence-corrected chi connectivity index (χ0v) is 8.05. The van der Waals surface area contributed by atoms with Crippen LogP contribution in [0.3, 0.4) is 0 Å². The van der Waals surface area contributed by atoms with Gasteiger partial charge in [0.1, 0.15) is 0 Å². The Balaban J connectivity index is 2.53. The molecule has 0 bridgehead atoms. The van der Waals surface area contributed by atoms with E-state index in [-0.39, 0.29) is 12.1 Å². The topological polar surface area (TPSA) is 32.7 Å². The first kappa shape index (κ1) is 9.96. The van der Waals surface area contributed by atoms with Crippen molar-refractivity contribution in [3.8, 4) is 0 Å². The van der Waals surface area contributed by atoms with E-state index < -0.39 is 0 Å². The second kappa shape index (κ2) is 4.21. The van der Waals surface area contributed by atoms with Gasteiger partial charge in [-0.25, -0.2) is 0 Å². The molecule has 0 aromatic rings. The van der Waals surface area contributed by atoms with Crippen LogP contribution in [-0.2, 0) is 4.74 Å². The van der Waals surface area contributed by atoms with Gasteiger partial charge >= 0.3 is 0 Å². The molecule has 0 aromatic heterocycles. The van der Waals surface area contributed by atoms with Crippen molar-refractivity contribution < 1.29 is 9.84 Å². The molecule has 0 amide bonds. The summed E-state index contributed by atoms with van der Waals surface area (Å²) in [7, 11) is 0. The van der Waals surface area contributed by atoms with Crippen LogP contribution < -0.4 is 0 Å². The van der Waals surface area contributed by atoms with Gasteiger partial charge in [-0.05, 0) is 13.3 Å². The maximum absolute atomic E-state index is 8.86. The second-order valence-corrected chi connectivity index (χ2v) is 3.61. The molecule has 1 rings (SSSR count). The SMILES string of the molecule is CCC1(C)COCCN1CCO. The van der Waals surface area contributed by atoms with E-state index in [1.54, 1.807) is 0 Å². The summed E-state index contributed by atoms with van der Waals surface area (Å²) >= 11 is 0. The molecular formula is C9H19NO2. The minimum absolute atomic E-state index is 0.140. The Morgan fingerprint density at radius 2 is 2.33 bits per heavy atom. The summed E-state index contributed by atoms with van der Waals surface area (Å²) in [6.07, 6.45) is 1.08. The Kier molecular flexibility index (Phi) is 3.50. The maximum atomic E-state index is 8.86. The van der Waals surface area contributed by atoms with Gasteiger partial charge in [-0.3, -0.25) is 4.90 Å². The lowest BCUT2D eigenvalue weighted by atomic mass is 9.96. The minimum Gasteiger partial charge on any atom is -0.395 e. The minimum atomic E-state index is 0.140. The Morgan fingerprint density at radius 3 is 2.92 bits per heavy atom. The summed E-state index contributed by atoms with van der Waals surface area (Å²) in [6, 6.07) is 0. The van der Waals surface area contributed by atoms with Crippen molar-refractivity contribution in [2.45, 2.75) is 25.8 Å². The van der Waals surface area contributed by atoms with Crippen LogP contribution in [0.2, 0.25) is 0 Å².